The predicted molar refractivity (Wildman–Crippen MR) is 129 cm³/mol. The summed E-state index contributed by atoms with van der Waals surface area (Å²) < 4.78 is 9.02. The average molecular weight is 464 g/mol. The number of pyridine rings is 1. The van der Waals surface area contributed by atoms with Gasteiger partial charge >= 0.3 is 5.69 Å². The zero-order valence-corrected chi connectivity index (χ0v) is 19.9. The number of ether oxygens (including phenoxy) is 1. The Bertz CT molecular complexity index is 1430. The molecule has 10 nitrogen and oxygen atoms in total. The summed E-state index contributed by atoms with van der Waals surface area (Å²) in [5.41, 5.74) is 5.03. The van der Waals surface area contributed by atoms with Crippen molar-refractivity contribution < 1.29 is 9.53 Å². The molecule has 1 aromatic carbocycles. The lowest BCUT2D eigenvalue weighted by atomic mass is 10.00. The topological polar surface area (TPSA) is 101 Å². The number of hydrogen-bond acceptors (Lipinski definition) is 6. The van der Waals surface area contributed by atoms with Crippen molar-refractivity contribution in [2.45, 2.75) is 25.8 Å². The molecule has 0 aliphatic carbocycles. The fraction of sp³-hybridized carbons (Fsp3) is 0.417. The van der Waals surface area contributed by atoms with Crippen molar-refractivity contribution >= 4 is 22.6 Å². The molecule has 34 heavy (non-hydrogen) atoms. The molecule has 4 heterocycles. The first-order chi connectivity index (χ1) is 16.4. The van der Waals surface area contributed by atoms with Crippen molar-refractivity contribution in [1.29, 1.82) is 0 Å². The zero-order valence-electron chi connectivity index (χ0n) is 19.9. The molecule has 0 bridgehead atoms. The normalized spacial score (nSPS) is 16.6. The number of piperidine rings is 1. The highest BCUT2D eigenvalue weighted by Gasteiger charge is 2.27. The monoisotopic (exact) mass is 463 g/mol. The van der Waals surface area contributed by atoms with Crippen molar-refractivity contribution in [2.75, 3.05) is 40.8 Å². The van der Waals surface area contributed by atoms with Crippen molar-refractivity contribution in [1.82, 2.24) is 33.9 Å². The van der Waals surface area contributed by atoms with Crippen molar-refractivity contribution in [2.24, 2.45) is 0 Å². The molecule has 1 unspecified atom stereocenters. The van der Waals surface area contributed by atoms with E-state index in [2.05, 4.69) is 15.1 Å². The second-order valence-corrected chi connectivity index (χ2v) is 9.18. The Kier molecular flexibility index (Phi) is 5.60. The SMILES string of the molecule is COc1cc(-c2cc3[nH]c(=O)n(C4CCCN(C(=O)CN(C)C)C4)c3cc2C)cn2ncnc12. The van der Waals surface area contributed by atoms with Gasteiger partial charge in [-0.1, -0.05) is 0 Å². The Morgan fingerprint density at radius 3 is 2.88 bits per heavy atom. The van der Waals surface area contributed by atoms with E-state index in [-0.39, 0.29) is 17.6 Å². The summed E-state index contributed by atoms with van der Waals surface area (Å²) in [6.07, 6.45) is 5.13. The van der Waals surface area contributed by atoms with E-state index >= 15 is 0 Å². The molecule has 1 N–H and O–H groups in total. The molecule has 1 saturated heterocycles. The fourth-order valence-corrected chi connectivity index (χ4v) is 4.91. The number of H-pyrrole nitrogens is 1. The molecule has 1 fully saturated rings. The molecule has 10 heteroatoms. The summed E-state index contributed by atoms with van der Waals surface area (Å²) in [5, 5.41) is 4.25. The first kappa shape index (κ1) is 22.1. The summed E-state index contributed by atoms with van der Waals surface area (Å²) in [5.74, 6) is 0.726. The predicted octanol–water partition coefficient (Wildman–Crippen LogP) is 2.08. The lowest BCUT2D eigenvalue weighted by molar-refractivity contribution is -0.133. The van der Waals surface area contributed by atoms with Crippen LogP contribution in [0.1, 0.15) is 24.4 Å². The summed E-state index contributed by atoms with van der Waals surface area (Å²) in [6.45, 7) is 3.68. The van der Waals surface area contributed by atoms with Crippen LogP contribution in [0.15, 0.2) is 35.5 Å². The number of aryl methyl sites for hydroxylation is 1. The van der Waals surface area contributed by atoms with E-state index in [9.17, 15) is 9.59 Å². The van der Waals surface area contributed by atoms with E-state index < -0.39 is 0 Å². The van der Waals surface area contributed by atoms with E-state index in [4.69, 9.17) is 4.74 Å². The van der Waals surface area contributed by atoms with Gasteiger partial charge in [-0.05, 0) is 63.2 Å². The van der Waals surface area contributed by atoms with Crippen molar-refractivity contribution in [3.8, 4) is 16.9 Å². The van der Waals surface area contributed by atoms with Crippen LogP contribution in [0, 0.1) is 6.92 Å². The number of rotatable bonds is 5. The molecule has 1 aliphatic rings. The molecule has 1 atom stereocenters. The summed E-state index contributed by atoms with van der Waals surface area (Å²) in [7, 11) is 5.39. The van der Waals surface area contributed by atoms with Crippen LogP contribution in [0.4, 0.5) is 0 Å². The van der Waals surface area contributed by atoms with E-state index in [0.717, 1.165) is 47.1 Å². The maximum absolute atomic E-state index is 13.0. The van der Waals surface area contributed by atoms with Gasteiger partial charge in [0.05, 0.1) is 30.7 Å². The highest BCUT2D eigenvalue weighted by atomic mass is 16.5. The number of likely N-dealkylation sites (N-methyl/N-ethyl adjacent to an activating group) is 1. The highest BCUT2D eigenvalue weighted by molar-refractivity contribution is 5.85. The number of aromatic nitrogens is 5. The van der Waals surface area contributed by atoms with Gasteiger partial charge in [0.15, 0.2) is 11.4 Å². The third kappa shape index (κ3) is 3.83. The second kappa shape index (κ2) is 8.60. The molecule has 1 amide bonds. The number of imidazole rings is 1. The molecular formula is C24H29N7O3. The van der Waals surface area contributed by atoms with Crippen LogP contribution in [-0.2, 0) is 4.79 Å². The quantitative estimate of drug-likeness (QED) is 0.486. The van der Waals surface area contributed by atoms with Crippen LogP contribution in [0.25, 0.3) is 27.8 Å². The van der Waals surface area contributed by atoms with Gasteiger partial charge in [0, 0.05) is 24.8 Å². The summed E-state index contributed by atoms with van der Waals surface area (Å²) in [4.78, 5) is 36.7. The van der Waals surface area contributed by atoms with E-state index in [1.807, 2.05) is 59.8 Å². The standard InChI is InChI=1S/C24H29N7O3/c1-15-8-20-19(10-18(15)16-9-21(34-4)23-25-14-26-30(23)11-16)27-24(33)31(20)17-6-5-7-29(12-17)22(32)13-28(2)3/h8-11,14,17H,5-7,12-13H2,1-4H3,(H,27,33). The summed E-state index contributed by atoms with van der Waals surface area (Å²) in [6, 6.07) is 5.92. The number of nitrogens with one attached hydrogen (secondary N) is 1. The minimum atomic E-state index is -0.150. The maximum Gasteiger partial charge on any atom is 0.326 e. The third-order valence-electron chi connectivity index (χ3n) is 6.50. The van der Waals surface area contributed by atoms with Crippen molar-refractivity contribution in [3.05, 3.63) is 46.8 Å². The number of hydrogen-bond donors (Lipinski definition) is 1. The zero-order chi connectivity index (χ0) is 24.0. The van der Waals surface area contributed by atoms with Gasteiger partial charge in [-0.15, -0.1) is 0 Å². The number of carbonyl (C=O) groups excluding carboxylic acids is 1. The smallest absolute Gasteiger partial charge is 0.326 e. The van der Waals surface area contributed by atoms with Gasteiger partial charge in [-0.3, -0.25) is 9.36 Å². The van der Waals surface area contributed by atoms with Gasteiger partial charge in [0.1, 0.15) is 6.33 Å². The number of benzene rings is 1. The number of carbonyl (C=O) groups is 1. The highest BCUT2D eigenvalue weighted by Crippen LogP contribution is 2.32. The van der Waals surface area contributed by atoms with Gasteiger partial charge in [0.2, 0.25) is 5.91 Å². The number of amides is 1. The lowest BCUT2D eigenvalue weighted by Crippen LogP contribution is -2.45. The number of nitrogens with zero attached hydrogens (tertiary/aromatic N) is 6. The van der Waals surface area contributed by atoms with Crippen LogP contribution in [0.2, 0.25) is 0 Å². The Labute approximate surface area is 196 Å². The maximum atomic E-state index is 13.0. The van der Waals surface area contributed by atoms with Crippen LogP contribution >= 0.6 is 0 Å². The Morgan fingerprint density at radius 1 is 1.29 bits per heavy atom. The Morgan fingerprint density at radius 2 is 2.12 bits per heavy atom. The lowest BCUT2D eigenvalue weighted by Gasteiger charge is -2.34. The molecule has 1 aliphatic heterocycles. The molecule has 0 spiro atoms. The number of methoxy groups -OCH3 is 1. The molecule has 4 aromatic rings. The van der Waals surface area contributed by atoms with Gasteiger partial charge < -0.3 is 19.5 Å². The molecule has 0 saturated carbocycles. The van der Waals surface area contributed by atoms with E-state index in [0.29, 0.717) is 24.5 Å². The summed E-state index contributed by atoms with van der Waals surface area (Å²) >= 11 is 0. The van der Waals surface area contributed by atoms with Crippen LogP contribution in [0.5, 0.6) is 5.75 Å². The van der Waals surface area contributed by atoms with Crippen LogP contribution in [-0.4, -0.2) is 80.7 Å². The van der Waals surface area contributed by atoms with Gasteiger partial charge in [-0.2, -0.15) is 5.10 Å². The van der Waals surface area contributed by atoms with Crippen molar-refractivity contribution in [3.63, 3.8) is 0 Å². The first-order valence-electron chi connectivity index (χ1n) is 11.4. The number of likely N-dealkylation sites (tertiary alicyclic amines) is 1. The molecule has 3 aromatic heterocycles. The van der Waals surface area contributed by atoms with Gasteiger partial charge in [0.25, 0.3) is 0 Å². The average Bonchev–Trinajstić information content (AvgIpc) is 3.40. The third-order valence-corrected chi connectivity index (χ3v) is 6.50. The first-order valence-corrected chi connectivity index (χ1v) is 11.4. The Balaban J connectivity index is 1.53. The molecule has 178 valence electrons. The second-order valence-electron chi connectivity index (χ2n) is 9.18. The molecule has 5 rings (SSSR count). The minimum Gasteiger partial charge on any atom is -0.493 e. The molecular weight excluding hydrogens is 434 g/mol. The van der Waals surface area contributed by atoms with Crippen LogP contribution in [0.3, 0.4) is 0 Å². The van der Waals surface area contributed by atoms with Crippen LogP contribution < -0.4 is 10.4 Å². The van der Waals surface area contributed by atoms with Gasteiger partial charge in [-0.25, -0.2) is 14.3 Å². The van der Waals surface area contributed by atoms with E-state index in [1.165, 1.54) is 6.33 Å². The number of fused-ring (bicyclic) bond motifs is 2. The largest absolute Gasteiger partial charge is 0.493 e. The Hall–Kier alpha value is -3.66. The minimum absolute atomic E-state index is 0.0574. The fourth-order valence-electron chi connectivity index (χ4n) is 4.91. The van der Waals surface area contributed by atoms with E-state index in [1.54, 1.807) is 11.6 Å². The number of aromatic amines is 1. The molecule has 0 radical (unpaired) electrons.